The van der Waals surface area contributed by atoms with Gasteiger partial charge in [0.1, 0.15) is 4.90 Å². The Morgan fingerprint density at radius 2 is 2.09 bits per heavy atom. The van der Waals surface area contributed by atoms with Crippen molar-refractivity contribution in [3.63, 3.8) is 0 Å². The van der Waals surface area contributed by atoms with E-state index in [1.807, 2.05) is 42.8 Å². The number of halogens is 1. The number of benzene rings is 1. The molecule has 0 spiro atoms. The molecule has 0 amide bonds. The van der Waals surface area contributed by atoms with Gasteiger partial charge in [-0.05, 0) is 44.8 Å². The summed E-state index contributed by atoms with van der Waals surface area (Å²) < 4.78 is 30.3. The Morgan fingerprint density at radius 3 is 2.78 bits per heavy atom. The SMILES string of the molecule is Cc1c(S(=O)(=O)NCC2CCCNC2)c2ccccc2n1C.Cl. The number of aryl methyl sites for hydroxylation is 1. The van der Waals surface area contributed by atoms with Crippen molar-refractivity contribution in [2.24, 2.45) is 13.0 Å². The maximum atomic E-state index is 12.8. The van der Waals surface area contributed by atoms with Crippen molar-refractivity contribution in [1.29, 1.82) is 0 Å². The zero-order valence-electron chi connectivity index (χ0n) is 13.5. The molecule has 2 aromatic rings. The molecule has 2 heterocycles. The number of hydrogen-bond donors (Lipinski definition) is 2. The molecule has 5 nitrogen and oxygen atoms in total. The van der Waals surface area contributed by atoms with Crippen LogP contribution in [-0.2, 0) is 17.1 Å². The highest BCUT2D eigenvalue weighted by molar-refractivity contribution is 7.89. The summed E-state index contributed by atoms with van der Waals surface area (Å²) in [5.41, 5.74) is 1.72. The summed E-state index contributed by atoms with van der Waals surface area (Å²) in [5, 5.41) is 4.11. The molecular formula is C16H24ClN3O2S. The normalized spacial score (nSPS) is 18.8. The highest BCUT2D eigenvalue weighted by Crippen LogP contribution is 2.28. The second-order valence-electron chi connectivity index (χ2n) is 6.05. The standard InChI is InChI=1S/C16H23N3O2S.ClH/c1-12-16(14-7-3-4-8-15(14)19(12)2)22(20,21)18-11-13-6-5-9-17-10-13;/h3-4,7-8,13,17-18H,5-6,9-11H2,1-2H3;1H. The summed E-state index contributed by atoms with van der Waals surface area (Å²) in [7, 11) is -1.59. The van der Waals surface area contributed by atoms with Crippen molar-refractivity contribution in [2.45, 2.75) is 24.7 Å². The van der Waals surface area contributed by atoms with Gasteiger partial charge in [-0.2, -0.15) is 0 Å². The molecule has 23 heavy (non-hydrogen) atoms. The number of nitrogens with one attached hydrogen (secondary N) is 2. The summed E-state index contributed by atoms with van der Waals surface area (Å²) in [6, 6.07) is 7.64. The van der Waals surface area contributed by atoms with E-state index in [1.54, 1.807) is 0 Å². The van der Waals surface area contributed by atoms with Gasteiger partial charge in [-0.15, -0.1) is 12.4 Å². The van der Waals surface area contributed by atoms with Crippen LogP contribution >= 0.6 is 12.4 Å². The van der Waals surface area contributed by atoms with Gasteiger partial charge in [0.25, 0.3) is 0 Å². The van der Waals surface area contributed by atoms with E-state index in [1.165, 1.54) is 0 Å². The van der Waals surface area contributed by atoms with E-state index in [0.717, 1.165) is 42.5 Å². The van der Waals surface area contributed by atoms with Gasteiger partial charge in [-0.3, -0.25) is 0 Å². The Bertz CT molecular complexity index is 780. The van der Waals surface area contributed by atoms with Crippen LogP contribution in [-0.4, -0.2) is 32.6 Å². The second-order valence-corrected chi connectivity index (χ2v) is 7.76. The van der Waals surface area contributed by atoms with Crippen molar-refractivity contribution in [3.8, 4) is 0 Å². The number of aromatic nitrogens is 1. The molecule has 1 unspecified atom stereocenters. The molecule has 0 aliphatic carbocycles. The molecule has 1 aromatic heterocycles. The molecule has 0 saturated carbocycles. The van der Waals surface area contributed by atoms with E-state index in [0.29, 0.717) is 17.4 Å². The predicted octanol–water partition coefficient (Wildman–Crippen LogP) is 2.19. The maximum Gasteiger partial charge on any atom is 0.242 e. The number of fused-ring (bicyclic) bond motifs is 1. The third kappa shape index (κ3) is 3.55. The molecule has 7 heteroatoms. The minimum Gasteiger partial charge on any atom is -0.347 e. The van der Waals surface area contributed by atoms with Crippen LogP contribution in [0.15, 0.2) is 29.2 Å². The van der Waals surface area contributed by atoms with E-state index in [2.05, 4.69) is 10.0 Å². The van der Waals surface area contributed by atoms with Crippen LogP contribution in [0, 0.1) is 12.8 Å². The molecule has 0 radical (unpaired) electrons. The summed E-state index contributed by atoms with van der Waals surface area (Å²) in [4.78, 5) is 0.411. The topological polar surface area (TPSA) is 63.1 Å². The van der Waals surface area contributed by atoms with Gasteiger partial charge in [-0.1, -0.05) is 18.2 Å². The average molecular weight is 358 g/mol. The van der Waals surface area contributed by atoms with Gasteiger partial charge in [-0.25, -0.2) is 13.1 Å². The Hall–Kier alpha value is -1.08. The fourth-order valence-electron chi connectivity index (χ4n) is 3.22. The van der Waals surface area contributed by atoms with Crippen LogP contribution in [0.1, 0.15) is 18.5 Å². The number of piperidine rings is 1. The summed E-state index contributed by atoms with van der Waals surface area (Å²) >= 11 is 0. The minimum atomic E-state index is -3.49. The monoisotopic (exact) mass is 357 g/mol. The van der Waals surface area contributed by atoms with E-state index in [9.17, 15) is 8.42 Å². The highest BCUT2D eigenvalue weighted by atomic mass is 35.5. The third-order valence-electron chi connectivity index (χ3n) is 4.57. The number of para-hydroxylation sites is 1. The fourth-order valence-corrected chi connectivity index (χ4v) is 4.81. The molecule has 1 saturated heterocycles. The van der Waals surface area contributed by atoms with Crippen molar-refractivity contribution >= 4 is 33.3 Å². The first-order valence-corrected chi connectivity index (χ1v) is 9.23. The quantitative estimate of drug-likeness (QED) is 0.881. The van der Waals surface area contributed by atoms with Gasteiger partial charge in [0.05, 0.1) is 0 Å². The fraction of sp³-hybridized carbons (Fsp3) is 0.500. The van der Waals surface area contributed by atoms with Crippen LogP contribution in [0.4, 0.5) is 0 Å². The lowest BCUT2D eigenvalue weighted by Crippen LogP contribution is -2.38. The molecular weight excluding hydrogens is 334 g/mol. The smallest absolute Gasteiger partial charge is 0.242 e. The molecule has 128 valence electrons. The van der Waals surface area contributed by atoms with Gasteiger partial charge >= 0.3 is 0 Å². The van der Waals surface area contributed by atoms with Crippen LogP contribution in [0.2, 0.25) is 0 Å². The Kier molecular flexibility index (Phi) is 5.73. The lowest BCUT2D eigenvalue weighted by atomic mass is 10.0. The Morgan fingerprint density at radius 1 is 1.35 bits per heavy atom. The van der Waals surface area contributed by atoms with Gasteiger partial charge < -0.3 is 9.88 Å². The average Bonchev–Trinajstić information content (AvgIpc) is 2.79. The maximum absolute atomic E-state index is 12.8. The first kappa shape index (κ1) is 18.3. The summed E-state index contributed by atoms with van der Waals surface area (Å²) in [6.07, 6.45) is 2.18. The molecule has 3 rings (SSSR count). The van der Waals surface area contributed by atoms with Crippen LogP contribution in [0.3, 0.4) is 0 Å². The number of sulfonamides is 1. The Balaban J connectivity index is 0.00000192. The van der Waals surface area contributed by atoms with Crippen molar-refractivity contribution in [1.82, 2.24) is 14.6 Å². The first-order valence-electron chi connectivity index (χ1n) is 7.75. The molecule has 0 bridgehead atoms. The van der Waals surface area contributed by atoms with Crippen LogP contribution in [0.25, 0.3) is 10.9 Å². The van der Waals surface area contributed by atoms with Crippen LogP contribution in [0.5, 0.6) is 0 Å². The predicted molar refractivity (Wildman–Crippen MR) is 95.7 cm³/mol. The minimum absolute atomic E-state index is 0. The third-order valence-corrected chi connectivity index (χ3v) is 6.17. The van der Waals surface area contributed by atoms with Crippen molar-refractivity contribution in [3.05, 3.63) is 30.0 Å². The molecule has 1 atom stereocenters. The number of rotatable bonds is 4. The van der Waals surface area contributed by atoms with Crippen LogP contribution < -0.4 is 10.0 Å². The Labute approximate surface area is 143 Å². The lowest BCUT2D eigenvalue weighted by molar-refractivity contribution is 0.376. The van der Waals surface area contributed by atoms with E-state index in [-0.39, 0.29) is 12.4 Å². The summed E-state index contributed by atoms with van der Waals surface area (Å²) in [6.45, 7) is 4.28. The number of nitrogens with zero attached hydrogens (tertiary/aromatic N) is 1. The van der Waals surface area contributed by atoms with E-state index < -0.39 is 10.0 Å². The summed E-state index contributed by atoms with van der Waals surface area (Å²) in [5.74, 6) is 0.374. The second kappa shape index (κ2) is 7.21. The van der Waals surface area contributed by atoms with Gasteiger partial charge in [0.15, 0.2) is 0 Å². The lowest BCUT2D eigenvalue weighted by Gasteiger charge is -2.22. The zero-order chi connectivity index (χ0) is 15.7. The molecule has 1 aliphatic heterocycles. The van der Waals surface area contributed by atoms with Gasteiger partial charge in [0.2, 0.25) is 10.0 Å². The van der Waals surface area contributed by atoms with E-state index in [4.69, 9.17) is 0 Å². The molecule has 2 N–H and O–H groups in total. The van der Waals surface area contributed by atoms with Crippen molar-refractivity contribution in [2.75, 3.05) is 19.6 Å². The zero-order valence-corrected chi connectivity index (χ0v) is 15.1. The van der Waals surface area contributed by atoms with E-state index >= 15 is 0 Å². The molecule has 1 aromatic carbocycles. The molecule has 1 fully saturated rings. The highest BCUT2D eigenvalue weighted by Gasteiger charge is 2.25. The number of hydrogen-bond acceptors (Lipinski definition) is 3. The first-order chi connectivity index (χ1) is 10.5. The molecule has 1 aliphatic rings. The van der Waals surface area contributed by atoms with Gasteiger partial charge in [0, 0.05) is 30.2 Å². The largest absolute Gasteiger partial charge is 0.347 e. The van der Waals surface area contributed by atoms with Crippen molar-refractivity contribution < 1.29 is 8.42 Å².